The normalized spacial score (nSPS) is 13.7. The van der Waals surface area contributed by atoms with Gasteiger partial charge in [0.25, 0.3) is 0 Å². The summed E-state index contributed by atoms with van der Waals surface area (Å²) in [7, 11) is 0. The average Bonchev–Trinajstić information content (AvgIpc) is 2.63. The minimum atomic E-state index is -0.851. The molecule has 0 saturated carbocycles. The fourth-order valence-electron chi connectivity index (χ4n) is 1.43. The first-order chi connectivity index (χ1) is 8.20. The van der Waals surface area contributed by atoms with Gasteiger partial charge in [0.2, 0.25) is 5.13 Å². The Balaban J connectivity index is 2.76. The van der Waals surface area contributed by atoms with Gasteiger partial charge in [0.15, 0.2) is 0 Å². The molecule has 0 aliphatic carbocycles. The highest BCUT2D eigenvalue weighted by Crippen LogP contribution is 2.24. The maximum atomic E-state index is 11.1. The van der Waals surface area contributed by atoms with Crippen molar-refractivity contribution in [3.8, 4) is 0 Å². The maximum Gasteiger partial charge on any atom is 0.326 e. The molecule has 102 valence electrons. The molecular weight excluding hydrogens is 250 g/mol. The number of carboxylic acid groups (broad SMARTS) is 1. The molecule has 1 atom stereocenters. The summed E-state index contributed by atoms with van der Waals surface area (Å²) >= 11 is 1.21. The first-order valence-electron chi connectivity index (χ1n) is 6.03. The lowest BCUT2D eigenvalue weighted by molar-refractivity contribution is -0.138. The zero-order valence-corrected chi connectivity index (χ0v) is 12.3. The number of hydrogen-bond donors (Lipinski definition) is 2. The van der Waals surface area contributed by atoms with E-state index >= 15 is 0 Å². The molecule has 6 heteroatoms. The average molecular weight is 271 g/mol. The van der Waals surface area contributed by atoms with Gasteiger partial charge in [0, 0.05) is 16.9 Å². The van der Waals surface area contributed by atoms with Crippen molar-refractivity contribution >= 4 is 22.6 Å². The van der Waals surface area contributed by atoms with Crippen LogP contribution in [0.4, 0.5) is 5.13 Å². The molecule has 1 aromatic heterocycles. The Morgan fingerprint density at radius 2 is 2.06 bits per heavy atom. The van der Waals surface area contributed by atoms with Crippen LogP contribution in [0.2, 0.25) is 0 Å². The van der Waals surface area contributed by atoms with Gasteiger partial charge in [-0.25, -0.2) is 9.78 Å². The minimum Gasteiger partial charge on any atom is -0.480 e. The van der Waals surface area contributed by atoms with E-state index in [1.54, 1.807) is 0 Å². The van der Waals surface area contributed by atoms with Gasteiger partial charge >= 0.3 is 5.97 Å². The number of aliphatic carboxylic acids is 1. The number of carbonyl (C=O) groups is 1. The highest BCUT2D eigenvalue weighted by Gasteiger charge is 2.23. The van der Waals surface area contributed by atoms with Crippen LogP contribution in [0.25, 0.3) is 0 Å². The van der Waals surface area contributed by atoms with E-state index in [1.165, 1.54) is 11.5 Å². The third kappa shape index (κ3) is 4.25. The monoisotopic (exact) mass is 271 g/mol. The van der Waals surface area contributed by atoms with E-state index in [1.807, 2.05) is 34.6 Å². The second-order valence-corrected chi connectivity index (χ2v) is 6.59. The molecule has 0 fully saturated rings. The summed E-state index contributed by atoms with van der Waals surface area (Å²) in [6.45, 7) is 10.1. The third-order valence-corrected chi connectivity index (χ3v) is 3.05. The van der Waals surface area contributed by atoms with E-state index in [4.69, 9.17) is 5.11 Å². The van der Waals surface area contributed by atoms with E-state index in [-0.39, 0.29) is 5.41 Å². The van der Waals surface area contributed by atoms with Crippen LogP contribution in [-0.2, 0) is 10.2 Å². The Labute approximate surface area is 112 Å². The quantitative estimate of drug-likeness (QED) is 0.861. The van der Waals surface area contributed by atoms with Crippen LogP contribution >= 0.6 is 11.5 Å². The predicted molar refractivity (Wildman–Crippen MR) is 73.1 cm³/mol. The first kappa shape index (κ1) is 14.9. The lowest BCUT2D eigenvalue weighted by atomic mass is 9.96. The van der Waals surface area contributed by atoms with Gasteiger partial charge in [0.05, 0.1) is 0 Å². The Morgan fingerprint density at radius 1 is 1.44 bits per heavy atom. The molecule has 0 aliphatic rings. The standard InChI is InChI=1S/C12H21N3O2S/c1-7(2)6-8(9(16)17)13-11-14-10(15-18-11)12(3,4)5/h7-8H,6H2,1-5H3,(H,16,17)(H,13,14,15)/t8-/m0/s1. The van der Waals surface area contributed by atoms with Crippen LogP contribution in [0.15, 0.2) is 0 Å². The number of nitrogens with one attached hydrogen (secondary N) is 1. The van der Waals surface area contributed by atoms with Gasteiger partial charge in [-0.15, -0.1) is 0 Å². The molecule has 1 rings (SSSR count). The van der Waals surface area contributed by atoms with Crippen LogP contribution in [0.1, 0.15) is 46.9 Å². The van der Waals surface area contributed by atoms with Gasteiger partial charge in [-0.3, -0.25) is 0 Å². The minimum absolute atomic E-state index is 0.118. The summed E-state index contributed by atoms with van der Waals surface area (Å²) in [6, 6.07) is -0.606. The molecule has 2 N–H and O–H groups in total. The SMILES string of the molecule is CC(C)C[C@H](Nc1nc(C(C)(C)C)ns1)C(=O)O. The van der Waals surface area contributed by atoms with Gasteiger partial charge in [-0.05, 0) is 12.3 Å². The van der Waals surface area contributed by atoms with Crippen molar-refractivity contribution in [1.82, 2.24) is 9.36 Å². The molecule has 0 amide bonds. The summed E-state index contributed by atoms with van der Waals surface area (Å²) in [5.74, 6) is 0.202. The fourth-order valence-corrected chi connectivity index (χ4v) is 2.24. The number of aromatic nitrogens is 2. The van der Waals surface area contributed by atoms with Crippen LogP contribution in [0, 0.1) is 5.92 Å². The molecule has 1 heterocycles. The summed E-state index contributed by atoms with van der Waals surface area (Å²) in [5, 5.41) is 12.7. The third-order valence-electron chi connectivity index (χ3n) is 2.40. The van der Waals surface area contributed by atoms with Crippen LogP contribution in [0.5, 0.6) is 0 Å². The molecule has 0 radical (unpaired) electrons. The van der Waals surface area contributed by atoms with Crippen molar-refractivity contribution in [3.05, 3.63) is 5.82 Å². The molecular formula is C12H21N3O2S. The van der Waals surface area contributed by atoms with Crippen LogP contribution in [0.3, 0.4) is 0 Å². The highest BCUT2D eigenvalue weighted by atomic mass is 32.1. The maximum absolute atomic E-state index is 11.1. The molecule has 18 heavy (non-hydrogen) atoms. The van der Waals surface area contributed by atoms with Gasteiger partial charge in [-0.2, -0.15) is 4.37 Å². The smallest absolute Gasteiger partial charge is 0.326 e. The summed E-state index contributed by atoms with van der Waals surface area (Å²) in [5.41, 5.74) is -0.118. The zero-order valence-electron chi connectivity index (χ0n) is 11.5. The number of hydrogen-bond acceptors (Lipinski definition) is 5. The van der Waals surface area contributed by atoms with E-state index < -0.39 is 12.0 Å². The van der Waals surface area contributed by atoms with Crippen molar-refractivity contribution in [2.24, 2.45) is 5.92 Å². The van der Waals surface area contributed by atoms with Gasteiger partial charge in [0.1, 0.15) is 11.9 Å². The predicted octanol–water partition coefficient (Wildman–Crippen LogP) is 2.75. The van der Waals surface area contributed by atoms with E-state index in [2.05, 4.69) is 14.7 Å². The molecule has 0 aliphatic heterocycles. The number of nitrogens with zero attached hydrogens (tertiary/aromatic N) is 2. The van der Waals surface area contributed by atoms with Crippen molar-refractivity contribution in [3.63, 3.8) is 0 Å². The zero-order chi connectivity index (χ0) is 13.9. The Kier molecular flexibility index (Phi) is 4.67. The van der Waals surface area contributed by atoms with Crippen molar-refractivity contribution < 1.29 is 9.90 Å². The van der Waals surface area contributed by atoms with Gasteiger partial charge in [-0.1, -0.05) is 34.6 Å². The molecule has 1 aromatic rings. The summed E-state index contributed by atoms with van der Waals surface area (Å²) in [4.78, 5) is 15.5. The van der Waals surface area contributed by atoms with E-state index in [9.17, 15) is 4.79 Å². The molecule has 0 saturated heterocycles. The second kappa shape index (κ2) is 5.65. The van der Waals surface area contributed by atoms with Crippen molar-refractivity contribution in [1.29, 1.82) is 0 Å². The molecule has 0 aromatic carbocycles. The van der Waals surface area contributed by atoms with Crippen molar-refractivity contribution in [2.75, 3.05) is 5.32 Å². The number of anilines is 1. The van der Waals surface area contributed by atoms with Crippen molar-refractivity contribution in [2.45, 2.75) is 52.5 Å². The molecule has 0 spiro atoms. The lowest BCUT2D eigenvalue weighted by Crippen LogP contribution is -2.30. The summed E-state index contributed by atoms with van der Waals surface area (Å²) in [6.07, 6.45) is 0.569. The largest absolute Gasteiger partial charge is 0.480 e. The second-order valence-electron chi connectivity index (χ2n) is 5.84. The Bertz CT molecular complexity index is 410. The molecule has 5 nitrogen and oxygen atoms in total. The Morgan fingerprint density at radius 3 is 2.44 bits per heavy atom. The number of rotatable bonds is 5. The van der Waals surface area contributed by atoms with E-state index in [0.29, 0.717) is 17.5 Å². The van der Waals surface area contributed by atoms with Crippen LogP contribution in [-0.4, -0.2) is 26.5 Å². The fraction of sp³-hybridized carbons (Fsp3) is 0.750. The summed E-state index contributed by atoms with van der Waals surface area (Å²) < 4.78 is 4.25. The first-order valence-corrected chi connectivity index (χ1v) is 6.81. The van der Waals surface area contributed by atoms with Crippen LogP contribution < -0.4 is 5.32 Å². The van der Waals surface area contributed by atoms with E-state index in [0.717, 1.165) is 5.82 Å². The topological polar surface area (TPSA) is 75.1 Å². The molecule has 0 unspecified atom stereocenters. The van der Waals surface area contributed by atoms with Gasteiger partial charge < -0.3 is 10.4 Å². The Hall–Kier alpha value is -1.17. The highest BCUT2D eigenvalue weighted by molar-refractivity contribution is 7.09. The molecule has 0 bridgehead atoms. The lowest BCUT2D eigenvalue weighted by Gasteiger charge is -2.15. The number of carboxylic acids is 1.